The van der Waals surface area contributed by atoms with E-state index in [4.69, 9.17) is 0 Å². The van der Waals surface area contributed by atoms with E-state index in [9.17, 15) is 18.0 Å². The molecule has 0 unspecified atom stereocenters. The zero-order valence-corrected chi connectivity index (χ0v) is 10.9. The van der Waals surface area contributed by atoms with Crippen molar-refractivity contribution in [2.45, 2.75) is 13.3 Å². The van der Waals surface area contributed by atoms with E-state index < -0.39 is 12.1 Å². The van der Waals surface area contributed by atoms with E-state index in [2.05, 4.69) is 9.72 Å². The standard InChI is InChI=1S/C15H10F3NO2/c1-8-2-4-12-10(6-8)14(20)11-7-9(21-15(16,17)18)3-5-13(11)19-12/h2-7H,1H3,(H,19,20). The molecule has 0 saturated carbocycles. The van der Waals surface area contributed by atoms with Crippen molar-refractivity contribution in [3.8, 4) is 5.75 Å². The molecule has 2 aromatic carbocycles. The Balaban J connectivity index is 2.27. The summed E-state index contributed by atoms with van der Waals surface area (Å²) in [5.74, 6) is -0.410. The van der Waals surface area contributed by atoms with E-state index in [-0.39, 0.29) is 10.8 Å². The molecule has 0 aliphatic rings. The highest BCUT2D eigenvalue weighted by molar-refractivity contribution is 5.93. The Morgan fingerprint density at radius 2 is 1.62 bits per heavy atom. The van der Waals surface area contributed by atoms with E-state index in [0.29, 0.717) is 16.4 Å². The van der Waals surface area contributed by atoms with Gasteiger partial charge in [-0.3, -0.25) is 4.79 Å². The van der Waals surface area contributed by atoms with Gasteiger partial charge in [-0.1, -0.05) is 11.6 Å². The molecule has 0 atom stereocenters. The number of nitrogens with one attached hydrogen (secondary N) is 1. The van der Waals surface area contributed by atoms with Gasteiger partial charge in [0.05, 0.1) is 5.52 Å². The van der Waals surface area contributed by atoms with Gasteiger partial charge < -0.3 is 9.72 Å². The van der Waals surface area contributed by atoms with Crippen LogP contribution in [0.25, 0.3) is 21.8 Å². The van der Waals surface area contributed by atoms with Crippen LogP contribution in [0.2, 0.25) is 0 Å². The number of rotatable bonds is 1. The third kappa shape index (κ3) is 2.56. The SMILES string of the molecule is Cc1ccc2[nH]c3ccc(OC(F)(F)F)cc3c(=O)c2c1. The Labute approximate surface area is 117 Å². The Morgan fingerprint density at radius 3 is 2.29 bits per heavy atom. The molecule has 108 valence electrons. The Hall–Kier alpha value is -2.50. The summed E-state index contributed by atoms with van der Waals surface area (Å²) >= 11 is 0. The van der Waals surface area contributed by atoms with Crippen molar-refractivity contribution in [2.75, 3.05) is 0 Å². The summed E-state index contributed by atoms with van der Waals surface area (Å²) in [6.45, 7) is 1.84. The number of pyridine rings is 1. The number of benzene rings is 2. The highest BCUT2D eigenvalue weighted by Gasteiger charge is 2.31. The highest BCUT2D eigenvalue weighted by Crippen LogP contribution is 2.25. The minimum Gasteiger partial charge on any atom is -0.406 e. The first-order chi connectivity index (χ1) is 9.83. The number of H-pyrrole nitrogens is 1. The van der Waals surface area contributed by atoms with E-state index in [1.165, 1.54) is 12.1 Å². The van der Waals surface area contributed by atoms with Gasteiger partial charge in [-0.15, -0.1) is 13.2 Å². The molecule has 3 rings (SSSR count). The maximum absolute atomic E-state index is 12.4. The predicted octanol–water partition coefficient (Wildman–Crippen LogP) is 3.89. The van der Waals surface area contributed by atoms with Crippen LogP contribution in [-0.2, 0) is 0 Å². The first-order valence-corrected chi connectivity index (χ1v) is 6.16. The van der Waals surface area contributed by atoms with Gasteiger partial charge in [-0.25, -0.2) is 0 Å². The van der Waals surface area contributed by atoms with Crippen LogP contribution in [-0.4, -0.2) is 11.3 Å². The number of aromatic amines is 1. The lowest BCUT2D eigenvalue weighted by Crippen LogP contribution is -2.17. The van der Waals surface area contributed by atoms with Crippen LogP contribution in [0.4, 0.5) is 13.2 Å². The van der Waals surface area contributed by atoms with Crippen molar-refractivity contribution in [3.05, 3.63) is 52.2 Å². The number of fused-ring (bicyclic) bond motifs is 2. The zero-order valence-electron chi connectivity index (χ0n) is 10.9. The van der Waals surface area contributed by atoms with Crippen molar-refractivity contribution in [1.29, 1.82) is 0 Å². The van der Waals surface area contributed by atoms with Crippen LogP contribution in [0.15, 0.2) is 41.2 Å². The molecule has 1 N–H and O–H groups in total. The monoisotopic (exact) mass is 293 g/mol. The lowest BCUT2D eigenvalue weighted by molar-refractivity contribution is -0.274. The number of halogens is 3. The van der Waals surface area contributed by atoms with Gasteiger partial charge in [0.2, 0.25) is 0 Å². The summed E-state index contributed by atoms with van der Waals surface area (Å²) in [5, 5.41) is 0.599. The molecule has 21 heavy (non-hydrogen) atoms. The Bertz CT molecular complexity index is 897. The van der Waals surface area contributed by atoms with Crippen LogP contribution in [0, 0.1) is 6.92 Å². The third-order valence-electron chi connectivity index (χ3n) is 3.16. The van der Waals surface area contributed by atoms with Gasteiger partial charge in [0.15, 0.2) is 5.43 Å². The molecule has 0 radical (unpaired) electrons. The average Bonchev–Trinajstić information content (AvgIpc) is 2.39. The van der Waals surface area contributed by atoms with Crippen molar-refractivity contribution in [2.24, 2.45) is 0 Å². The van der Waals surface area contributed by atoms with Crippen LogP contribution < -0.4 is 10.2 Å². The van der Waals surface area contributed by atoms with Crippen molar-refractivity contribution in [3.63, 3.8) is 0 Å². The van der Waals surface area contributed by atoms with Crippen LogP contribution in [0.3, 0.4) is 0 Å². The lowest BCUT2D eigenvalue weighted by Gasteiger charge is -2.10. The summed E-state index contributed by atoms with van der Waals surface area (Å²) in [5.41, 5.74) is 1.68. The number of aromatic nitrogens is 1. The van der Waals surface area contributed by atoms with Gasteiger partial charge in [0.1, 0.15) is 5.75 Å². The maximum atomic E-state index is 12.4. The third-order valence-corrected chi connectivity index (χ3v) is 3.16. The summed E-state index contributed by atoms with van der Waals surface area (Å²) in [6.07, 6.45) is -4.78. The summed E-state index contributed by atoms with van der Waals surface area (Å²) in [6, 6.07) is 8.99. The second-order valence-electron chi connectivity index (χ2n) is 4.76. The number of alkyl halides is 3. The maximum Gasteiger partial charge on any atom is 0.573 e. The molecule has 0 aliphatic heterocycles. The van der Waals surface area contributed by atoms with Gasteiger partial charge in [-0.2, -0.15) is 0 Å². The van der Waals surface area contributed by atoms with Crippen LogP contribution >= 0.6 is 0 Å². The molecule has 1 heterocycles. The Morgan fingerprint density at radius 1 is 1.00 bits per heavy atom. The molecule has 3 aromatic rings. The molecular formula is C15H10F3NO2. The number of hydrogen-bond donors (Lipinski definition) is 1. The number of ether oxygens (including phenoxy) is 1. The van der Waals surface area contributed by atoms with Crippen molar-refractivity contribution >= 4 is 21.8 Å². The molecule has 6 heteroatoms. The summed E-state index contributed by atoms with van der Waals surface area (Å²) in [7, 11) is 0. The molecule has 0 bridgehead atoms. The lowest BCUT2D eigenvalue weighted by atomic mass is 10.1. The first-order valence-electron chi connectivity index (χ1n) is 6.16. The fourth-order valence-corrected chi connectivity index (χ4v) is 2.26. The fourth-order valence-electron chi connectivity index (χ4n) is 2.26. The van der Waals surface area contributed by atoms with E-state index in [1.807, 2.05) is 13.0 Å². The van der Waals surface area contributed by atoms with Gasteiger partial charge in [0.25, 0.3) is 0 Å². The molecule has 0 saturated heterocycles. The second-order valence-corrected chi connectivity index (χ2v) is 4.76. The fraction of sp³-hybridized carbons (Fsp3) is 0.133. The normalized spacial score (nSPS) is 12.0. The molecule has 0 aliphatic carbocycles. The molecule has 0 amide bonds. The predicted molar refractivity (Wildman–Crippen MR) is 73.5 cm³/mol. The highest BCUT2D eigenvalue weighted by atomic mass is 19.4. The van der Waals surface area contributed by atoms with Crippen molar-refractivity contribution in [1.82, 2.24) is 4.98 Å². The molecule has 1 aromatic heterocycles. The summed E-state index contributed by atoms with van der Waals surface area (Å²) in [4.78, 5) is 15.4. The second kappa shape index (κ2) is 4.51. The summed E-state index contributed by atoms with van der Waals surface area (Å²) < 4.78 is 40.6. The largest absolute Gasteiger partial charge is 0.573 e. The van der Waals surface area contributed by atoms with Gasteiger partial charge >= 0.3 is 6.36 Å². The van der Waals surface area contributed by atoms with E-state index in [1.54, 1.807) is 12.1 Å². The molecular weight excluding hydrogens is 283 g/mol. The Kier molecular flexibility index (Phi) is 2.90. The van der Waals surface area contributed by atoms with Crippen LogP contribution in [0.5, 0.6) is 5.75 Å². The van der Waals surface area contributed by atoms with Crippen LogP contribution in [0.1, 0.15) is 5.56 Å². The van der Waals surface area contributed by atoms with E-state index in [0.717, 1.165) is 11.6 Å². The van der Waals surface area contributed by atoms with Gasteiger partial charge in [-0.05, 0) is 37.3 Å². The molecule has 0 spiro atoms. The minimum atomic E-state index is -4.78. The molecule has 0 fully saturated rings. The quantitative estimate of drug-likeness (QED) is 0.692. The minimum absolute atomic E-state index is 0.162. The number of hydrogen-bond acceptors (Lipinski definition) is 2. The zero-order chi connectivity index (χ0) is 15.2. The topological polar surface area (TPSA) is 42.1 Å². The first kappa shape index (κ1) is 13.5. The smallest absolute Gasteiger partial charge is 0.406 e. The van der Waals surface area contributed by atoms with E-state index >= 15 is 0 Å². The molecule has 3 nitrogen and oxygen atoms in total. The van der Waals surface area contributed by atoms with Gasteiger partial charge in [0, 0.05) is 16.3 Å². The van der Waals surface area contributed by atoms with Crippen molar-refractivity contribution < 1.29 is 17.9 Å². The number of aryl methyl sites for hydroxylation is 1. The average molecular weight is 293 g/mol.